The van der Waals surface area contributed by atoms with Crippen LogP contribution in [0.3, 0.4) is 0 Å². The van der Waals surface area contributed by atoms with Crippen molar-refractivity contribution in [3.05, 3.63) is 33.4 Å². The zero-order valence-corrected chi connectivity index (χ0v) is 13.0. The summed E-state index contributed by atoms with van der Waals surface area (Å²) >= 11 is 3.58. The Balaban J connectivity index is 2.87. The molecule has 2 nitrogen and oxygen atoms in total. The first-order valence-corrected chi connectivity index (χ1v) is 7.21. The minimum absolute atomic E-state index is 0.928. The normalized spacial score (nSPS) is 10.9. The summed E-state index contributed by atoms with van der Waals surface area (Å²) in [5.74, 6) is 0. The second-order valence-electron chi connectivity index (χ2n) is 4.55. The van der Waals surface area contributed by atoms with E-state index in [1.54, 1.807) is 0 Å². The van der Waals surface area contributed by atoms with Crippen LogP contribution in [0, 0.1) is 13.8 Å². The van der Waals surface area contributed by atoms with Crippen molar-refractivity contribution in [1.82, 2.24) is 4.98 Å². The second kappa shape index (κ2) is 5.27. The number of hydrogen-bond acceptors (Lipinski definition) is 2. The Morgan fingerprint density at radius 3 is 2.56 bits per heavy atom. The van der Waals surface area contributed by atoms with Crippen LogP contribution in [0.1, 0.15) is 30.7 Å². The average molecular weight is 307 g/mol. The van der Waals surface area contributed by atoms with E-state index in [2.05, 4.69) is 61.1 Å². The summed E-state index contributed by atoms with van der Waals surface area (Å²) in [6.07, 6.45) is 1.00. The molecular weight excluding hydrogens is 288 g/mol. The van der Waals surface area contributed by atoms with Gasteiger partial charge in [0.2, 0.25) is 0 Å². The van der Waals surface area contributed by atoms with Crippen LogP contribution in [0.15, 0.2) is 16.6 Å². The topological polar surface area (TPSA) is 24.9 Å². The van der Waals surface area contributed by atoms with Gasteiger partial charge in [0, 0.05) is 27.8 Å². The molecule has 0 bridgehead atoms. The number of pyridine rings is 1. The van der Waals surface area contributed by atoms with E-state index < -0.39 is 0 Å². The van der Waals surface area contributed by atoms with Crippen molar-refractivity contribution in [1.29, 1.82) is 0 Å². The lowest BCUT2D eigenvalue weighted by molar-refractivity contribution is 1.05. The van der Waals surface area contributed by atoms with E-state index in [9.17, 15) is 0 Å². The molecule has 0 radical (unpaired) electrons. The predicted octanol–water partition coefficient (Wildman–Crippen LogP) is 4.61. The highest BCUT2D eigenvalue weighted by Crippen LogP contribution is 2.32. The first-order chi connectivity index (χ1) is 8.58. The van der Waals surface area contributed by atoms with Gasteiger partial charge in [0.1, 0.15) is 0 Å². The highest BCUT2D eigenvalue weighted by molar-refractivity contribution is 9.10. The number of aryl methyl sites for hydroxylation is 2. The van der Waals surface area contributed by atoms with Gasteiger partial charge in [-0.25, -0.2) is 0 Å². The molecule has 0 aliphatic heterocycles. The SMILES string of the molecule is CCNc1c(CC)c(C)nc2c(C)cc(Br)cc12. The van der Waals surface area contributed by atoms with Gasteiger partial charge in [-0.15, -0.1) is 0 Å². The third-order valence-corrected chi connectivity index (χ3v) is 3.72. The lowest BCUT2D eigenvalue weighted by Gasteiger charge is -2.16. The lowest BCUT2D eigenvalue weighted by atomic mass is 10.0. The standard InChI is InChI=1S/C15H19BrN2/c1-5-12-10(4)18-14-9(3)7-11(16)8-13(14)15(12)17-6-2/h7-8H,5-6H2,1-4H3,(H,17,18). The molecule has 0 amide bonds. The number of nitrogens with one attached hydrogen (secondary N) is 1. The number of hydrogen-bond donors (Lipinski definition) is 1. The van der Waals surface area contributed by atoms with E-state index in [1.807, 2.05) is 0 Å². The molecule has 1 N–H and O–H groups in total. The van der Waals surface area contributed by atoms with Crippen molar-refractivity contribution in [3.8, 4) is 0 Å². The van der Waals surface area contributed by atoms with E-state index in [0.29, 0.717) is 0 Å². The van der Waals surface area contributed by atoms with Crippen molar-refractivity contribution in [2.45, 2.75) is 34.1 Å². The van der Waals surface area contributed by atoms with Crippen molar-refractivity contribution < 1.29 is 0 Å². The summed E-state index contributed by atoms with van der Waals surface area (Å²) in [7, 11) is 0. The molecule has 1 heterocycles. The van der Waals surface area contributed by atoms with Gasteiger partial charge >= 0.3 is 0 Å². The van der Waals surface area contributed by atoms with Gasteiger partial charge in [0.15, 0.2) is 0 Å². The van der Waals surface area contributed by atoms with Gasteiger partial charge in [-0.05, 0) is 50.5 Å². The largest absolute Gasteiger partial charge is 0.384 e. The fraction of sp³-hybridized carbons (Fsp3) is 0.400. The Kier molecular flexibility index (Phi) is 3.91. The van der Waals surface area contributed by atoms with Gasteiger partial charge < -0.3 is 5.32 Å². The molecule has 0 saturated carbocycles. The molecule has 96 valence electrons. The number of aromatic nitrogens is 1. The summed E-state index contributed by atoms with van der Waals surface area (Å²) in [6.45, 7) is 9.45. The highest BCUT2D eigenvalue weighted by Gasteiger charge is 2.12. The molecule has 0 fully saturated rings. The van der Waals surface area contributed by atoms with Crippen LogP contribution in [0.4, 0.5) is 5.69 Å². The number of rotatable bonds is 3. The van der Waals surface area contributed by atoms with Crippen LogP contribution in [0.25, 0.3) is 10.9 Å². The van der Waals surface area contributed by atoms with Crippen LogP contribution in [-0.4, -0.2) is 11.5 Å². The Labute approximate surface area is 117 Å². The van der Waals surface area contributed by atoms with Crippen LogP contribution >= 0.6 is 15.9 Å². The number of anilines is 1. The molecule has 1 aromatic carbocycles. The second-order valence-corrected chi connectivity index (χ2v) is 5.47. The van der Waals surface area contributed by atoms with Crippen LogP contribution in [0.5, 0.6) is 0 Å². The smallest absolute Gasteiger partial charge is 0.0756 e. The summed E-state index contributed by atoms with van der Waals surface area (Å²) in [6, 6.07) is 4.28. The molecule has 2 rings (SSSR count). The first kappa shape index (κ1) is 13.3. The molecule has 1 aromatic heterocycles. The number of fused-ring (bicyclic) bond motifs is 1. The quantitative estimate of drug-likeness (QED) is 0.896. The van der Waals surface area contributed by atoms with E-state index >= 15 is 0 Å². The molecule has 0 atom stereocenters. The van der Waals surface area contributed by atoms with Crippen LogP contribution in [-0.2, 0) is 6.42 Å². The molecule has 0 unspecified atom stereocenters. The van der Waals surface area contributed by atoms with E-state index in [-0.39, 0.29) is 0 Å². The van der Waals surface area contributed by atoms with Crippen molar-refractivity contribution >= 4 is 32.5 Å². The third kappa shape index (κ3) is 2.24. The molecule has 3 heteroatoms. The van der Waals surface area contributed by atoms with Crippen LogP contribution < -0.4 is 5.32 Å². The Morgan fingerprint density at radius 2 is 1.94 bits per heavy atom. The first-order valence-electron chi connectivity index (χ1n) is 6.41. The van der Waals surface area contributed by atoms with Crippen molar-refractivity contribution in [2.75, 3.05) is 11.9 Å². The molecule has 0 aliphatic carbocycles. The van der Waals surface area contributed by atoms with Gasteiger partial charge in [0.05, 0.1) is 5.52 Å². The summed E-state index contributed by atoms with van der Waals surface area (Å²) in [5, 5.41) is 4.72. The van der Waals surface area contributed by atoms with E-state index in [4.69, 9.17) is 4.98 Å². The Hall–Kier alpha value is -1.09. The average Bonchev–Trinajstić information content (AvgIpc) is 2.31. The molecule has 0 saturated heterocycles. The van der Waals surface area contributed by atoms with Crippen LogP contribution in [0.2, 0.25) is 0 Å². The minimum Gasteiger partial charge on any atom is -0.384 e. The lowest BCUT2D eigenvalue weighted by Crippen LogP contribution is -2.05. The molecule has 18 heavy (non-hydrogen) atoms. The van der Waals surface area contributed by atoms with Crippen molar-refractivity contribution in [3.63, 3.8) is 0 Å². The van der Waals surface area contributed by atoms with Gasteiger partial charge in [0.25, 0.3) is 0 Å². The fourth-order valence-corrected chi connectivity index (χ4v) is 3.04. The minimum atomic E-state index is 0.928. The van der Waals surface area contributed by atoms with E-state index in [1.165, 1.54) is 22.2 Å². The van der Waals surface area contributed by atoms with Gasteiger partial charge in [-0.1, -0.05) is 22.9 Å². The monoisotopic (exact) mass is 306 g/mol. The van der Waals surface area contributed by atoms with E-state index in [0.717, 1.165) is 28.6 Å². The van der Waals surface area contributed by atoms with Gasteiger partial charge in [-0.2, -0.15) is 0 Å². The highest BCUT2D eigenvalue weighted by atomic mass is 79.9. The molecule has 2 aromatic rings. The molecule has 0 spiro atoms. The number of benzene rings is 1. The summed E-state index contributed by atoms with van der Waals surface area (Å²) < 4.78 is 1.11. The maximum atomic E-state index is 4.77. The Morgan fingerprint density at radius 1 is 1.22 bits per heavy atom. The third-order valence-electron chi connectivity index (χ3n) is 3.26. The molecule has 0 aliphatic rings. The zero-order chi connectivity index (χ0) is 13.3. The fourth-order valence-electron chi connectivity index (χ4n) is 2.46. The van der Waals surface area contributed by atoms with Gasteiger partial charge in [-0.3, -0.25) is 4.98 Å². The van der Waals surface area contributed by atoms with Crippen molar-refractivity contribution in [2.24, 2.45) is 0 Å². The summed E-state index contributed by atoms with van der Waals surface area (Å²) in [5.41, 5.74) is 6.01. The number of halogens is 1. The molecular formula is C15H19BrN2. The maximum absolute atomic E-state index is 4.77. The predicted molar refractivity (Wildman–Crippen MR) is 82.5 cm³/mol. The maximum Gasteiger partial charge on any atom is 0.0756 e. The summed E-state index contributed by atoms with van der Waals surface area (Å²) in [4.78, 5) is 4.77. The Bertz CT molecular complexity index is 591. The zero-order valence-electron chi connectivity index (χ0n) is 11.4. The number of nitrogens with zero attached hydrogens (tertiary/aromatic N) is 1.